The van der Waals surface area contributed by atoms with Gasteiger partial charge in [0.2, 0.25) is 5.91 Å². The van der Waals surface area contributed by atoms with Crippen molar-refractivity contribution in [2.45, 2.75) is 26.2 Å². The summed E-state index contributed by atoms with van der Waals surface area (Å²) in [6.45, 7) is 3.89. The molecule has 1 amide bonds. The molecule has 0 aromatic carbocycles. The monoisotopic (exact) mass is 262 g/mol. The lowest BCUT2D eigenvalue weighted by Crippen LogP contribution is -2.38. The van der Waals surface area contributed by atoms with Gasteiger partial charge in [-0.2, -0.15) is 0 Å². The molecule has 6 heteroatoms. The van der Waals surface area contributed by atoms with Crippen molar-refractivity contribution in [3.63, 3.8) is 0 Å². The SMILES string of the molecule is CCCN(CCCN)C(=O)C1CCS(=O)(=O)C1. The van der Waals surface area contributed by atoms with Gasteiger partial charge in [0.1, 0.15) is 0 Å². The number of carbonyl (C=O) groups excluding carboxylic acids is 1. The number of hydrogen-bond donors (Lipinski definition) is 1. The van der Waals surface area contributed by atoms with Gasteiger partial charge in [-0.15, -0.1) is 0 Å². The van der Waals surface area contributed by atoms with Gasteiger partial charge in [0.05, 0.1) is 17.4 Å². The molecule has 0 radical (unpaired) electrons. The van der Waals surface area contributed by atoms with Crippen LogP contribution in [-0.4, -0.2) is 50.4 Å². The van der Waals surface area contributed by atoms with Crippen molar-refractivity contribution >= 4 is 15.7 Å². The summed E-state index contributed by atoms with van der Waals surface area (Å²) in [5, 5.41) is 0. The smallest absolute Gasteiger partial charge is 0.226 e. The van der Waals surface area contributed by atoms with Crippen LogP contribution >= 0.6 is 0 Å². The zero-order valence-electron chi connectivity index (χ0n) is 10.4. The fourth-order valence-electron chi connectivity index (χ4n) is 2.13. The molecule has 17 heavy (non-hydrogen) atoms. The highest BCUT2D eigenvalue weighted by molar-refractivity contribution is 7.91. The number of amides is 1. The highest BCUT2D eigenvalue weighted by Crippen LogP contribution is 2.20. The van der Waals surface area contributed by atoms with E-state index in [1.165, 1.54) is 0 Å². The van der Waals surface area contributed by atoms with E-state index in [1.807, 2.05) is 6.92 Å². The average molecular weight is 262 g/mol. The van der Waals surface area contributed by atoms with Gasteiger partial charge in [-0.25, -0.2) is 8.42 Å². The zero-order valence-corrected chi connectivity index (χ0v) is 11.2. The van der Waals surface area contributed by atoms with Gasteiger partial charge in [0.15, 0.2) is 9.84 Å². The normalized spacial score (nSPS) is 22.6. The summed E-state index contributed by atoms with van der Waals surface area (Å²) >= 11 is 0. The first kappa shape index (κ1) is 14.4. The topological polar surface area (TPSA) is 80.5 Å². The summed E-state index contributed by atoms with van der Waals surface area (Å²) in [6.07, 6.45) is 2.13. The molecule has 0 aromatic heterocycles. The van der Waals surface area contributed by atoms with Crippen molar-refractivity contribution in [3.8, 4) is 0 Å². The first-order chi connectivity index (χ1) is 8.00. The third kappa shape index (κ3) is 4.27. The Kier molecular flexibility index (Phi) is 5.39. The second-order valence-electron chi connectivity index (χ2n) is 4.57. The van der Waals surface area contributed by atoms with Gasteiger partial charge in [0, 0.05) is 13.1 Å². The molecule has 1 atom stereocenters. The second kappa shape index (κ2) is 6.35. The summed E-state index contributed by atoms with van der Waals surface area (Å²) in [7, 11) is -2.98. The minimum atomic E-state index is -2.98. The molecule has 1 unspecified atom stereocenters. The summed E-state index contributed by atoms with van der Waals surface area (Å²) < 4.78 is 22.7. The number of rotatable bonds is 6. The lowest BCUT2D eigenvalue weighted by Gasteiger charge is -2.24. The van der Waals surface area contributed by atoms with E-state index in [-0.39, 0.29) is 23.3 Å². The largest absolute Gasteiger partial charge is 0.342 e. The van der Waals surface area contributed by atoms with E-state index in [1.54, 1.807) is 4.90 Å². The molecule has 1 aliphatic rings. The van der Waals surface area contributed by atoms with Crippen molar-refractivity contribution in [2.75, 3.05) is 31.1 Å². The highest BCUT2D eigenvalue weighted by Gasteiger charge is 2.34. The fraction of sp³-hybridized carbons (Fsp3) is 0.909. The Hall–Kier alpha value is -0.620. The molecule has 0 saturated carbocycles. The molecule has 0 aliphatic carbocycles. The molecule has 1 fully saturated rings. The number of carbonyl (C=O) groups is 1. The van der Waals surface area contributed by atoms with Gasteiger partial charge in [-0.05, 0) is 25.8 Å². The van der Waals surface area contributed by atoms with Gasteiger partial charge in [-0.1, -0.05) is 6.92 Å². The minimum Gasteiger partial charge on any atom is -0.342 e. The van der Waals surface area contributed by atoms with Crippen LogP contribution < -0.4 is 5.73 Å². The van der Waals surface area contributed by atoms with Gasteiger partial charge in [-0.3, -0.25) is 4.79 Å². The predicted molar refractivity (Wildman–Crippen MR) is 67.3 cm³/mol. The van der Waals surface area contributed by atoms with Crippen LogP contribution in [0, 0.1) is 5.92 Å². The molecule has 1 saturated heterocycles. The molecule has 100 valence electrons. The van der Waals surface area contributed by atoms with E-state index in [0.29, 0.717) is 26.1 Å². The van der Waals surface area contributed by atoms with Crippen LogP contribution in [-0.2, 0) is 14.6 Å². The number of nitrogens with two attached hydrogens (primary N) is 1. The third-order valence-corrected chi connectivity index (χ3v) is 4.79. The lowest BCUT2D eigenvalue weighted by molar-refractivity contribution is -0.134. The Bertz CT molecular complexity index is 354. The van der Waals surface area contributed by atoms with Crippen LogP contribution in [0.4, 0.5) is 0 Å². The summed E-state index contributed by atoms with van der Waals surface area (Å²) in [4.78, 5) is 13.9. The van der Waals surface area contributed by atoms with E-state index in [9.17, 15) is 13.2 Å². The van der Waals surface area contributed by atoms with Crippen LogP contribution in [0.3, 0.4) is 0 Å². The quantitative estimate of drug-likeness (QED) is 0.731. The first-order valence-corrected chi connectivity index (χ1v) is 8.01. The minimum absolute atomic E-state index is 0.0126. The van der Waals surface area contributed by atoms with E-state index in [4.69, 9.17) is 5.73 Å². The number of sulfone groups is 1. The maximum absolute atomic E-state index is 12.1. The van der Waals surface area contributed by atoms with Crippen molar-refractivity contribution in [1.29, 1.82) is 0 Å². The van der Waals surface area contributed by atoms with E-state index >= 15 is 0 Å². The maximum Gasteiger partial charge on any atom is 0.226 e. The molecular weight excluding hydrogens is 240 g/mol. The summed E-state index contributed by atoms with van der Waals surface area (Å²) in [5.41, 5.74) is 5.44. The number of hydrogen-bond acceptors (Lipinski definition) is 4. The molecule has 0 bridgehead atoms. The van der Waals surface area contributed by atoms with Crippen LogP contribution in [0.15, 0.2) is 0 Å². The van der Waals surface area contributed by atoms with Gasteiger partial charge >= 0.3 is 0 Å². The molecule has 2 N–H and O–H groups in total. The predicted octanol–water partition coefficient (Wildman–Crippen LogP) is 0.00850. The second-order valence-corrected chi connectivity index (χ2v) is 6.80. The van der Waals surface area contributed by atoms with Crippen LogP contribution in [0.2, 0.25) is 0 Å². The van der Waals surface area contributed by atoms with Crippen LogP contribution in [0.1, 0.15) is 26.2 Å². The Morgan fingerprint density at radius 3 is 2.59 bits per heavy atom. The van der Waals surface area contributed by atoms with Crippen molar-refractivity contribution < 1.29 is 13.2 Å². The standard InChI is InChI=1S/C11H22N2O3S/c1-2-6-13(7-3-5-12)11(14)10-4-8-17(15,16)9-10/h10H,2-9,12H2,1H3. The van der Waals surface area contributed by atoms with Crippen molar-refractivity contribution in [3.05, 3.63) is 0 Å². The average Bonchev–Trinajstić information content (AvgIpc) is 2.64. The van der Waals surface area contributed by atoms with Crippen molar-refractivity contribution in [1.82, 2.24) is 4.90 Å². The molecule has 0 spiro atoms. The molecule has 1 aliphatic heterocycles. The number of nitrogens with zero attached hydrogens (tertiary/aromatic N) is 1. The van der Waals surface area contributed by atoms with E-state index < -0.39 is 9.84 Å². The highest BCUT2D eigenvalue weighted by atomic mass is 32.2. The molecule has 1 heterocycles. The van der Waals surface area contributed by atoms with Gasteiger partial charge in [0.25, 0.3) is 0 Å². The summed E-state index contributed by atoms with van der Waals surface area (Å²) in [5.74, 6) is -0.166. The maximum atomic E-state index is 12.1. The molecule has 5 nitrogen and oxygen atoms in total. The van der Waals surface area contributed by atoms with Crippen molar-refractivity contribution in [2.24, 2.45) is 11.7 Å². The Morgan fingerprint density at radius 2 is 2.12 bits per heavy atom. The Morgan fingerprint density at radius 1 is 1.41 bits per heavy atom. The molecule has 1 rings (SSSR count). The summed E-state index contributed by atoms with van der Waals surface area (Å²) in [6, 6.07) is 0. The van der Waals surface area contributed by atoms with Gasteiger partial charge < -0.3 is 10.6 Å². The Labute approximate surface area is 103 Å². The van der Waals surface area contributed by atoms with E-state index in [2.05, 4.69) is 0 Å². The van der Waals surface area contributed by atoms with Crippen LogP contribution in [0.25, 0.3) is 0 Å². The third-order valence-electron chi connectivity index (χ3n) is 3.02. The zero-order chi connectivity index (χ0) is 12.9. The molecule has 0 aromatic rings. The van der Waals surface area contributed by atoms with Crippen LogP contribution in [0.5, 0.6) is 0 Å². The lowest BCUT2D eigenvalue weighted by atomic mass is 10.1. The first-order valence-electron chi connectivity index (χ1n) is 6.19. The Balaban J connectivity index is 2.58. The fourth-order valence-corrected chi connectivity index (χ4v) is 3.86. The molecular formula is C11H22N2O3S. The van der Waals surface area contributed by atoms with E-state index in [0.717, 1.165) is 12.8 Å².